The van der Waals surface area contributed by atoms with E-state index in [1.165, 1.54) is 12.1 Å². The molecule has 2 saturated heterocycles. The van der Waals surface area contributed by atoms with Gasteiger partial charge in [-0.2, -0.15) is 22.0 Å². The second kappa shape index (κ2) is 8.44. The van der Waals surface area contributed by atoms with Crippen LogP contribution >= 0.6 is 0 Å². The van der Waals surface area contributed by atoms with Crippen LogP contribution in [0.25, 0.3) is 11.4 Å². The molecule has 2 aliphatic rings. The largest absolute Gasteiger partial charge is 0.338 e. The summed E-state index contributed by atoms with van der Waals surface area (Å²) in [5.74, 6) is 0.554. The van der Waals surface area contributed by atoms with Crippen molar-refractivity contribution in [3.8, 4) is 11.4 Å². The summed E-state index contributed by atoms with van der Waals surface area (Å²) in [5.41, 5.74) is 0.685. The van der Waals surface area contributed by atoms with E-state index in [-0.39, 0.29) is 5.82 Å². The Bertz CT molecular complexity index is 919. The molecule has 0 bridgehead atoms. The summed E-state index contributed by atoms with van der Waals surface area (Å²) in [6, 6.07) is 5.91. The number of piperazine rings is 2. The fraction of sp³-hybridized carbons (Fsp3) is 0.556. The molecule has 9 nitrogen and oxygen atoms in total. The van der Waals surface area contributed by atoms with E-state index < -0.39 is 10.2 Å². The number of benzene rings is 1. The summed E-state index contributed by atoms with van der Waals surface area (Å²) in [5, 5.41) is 3.95. The minimum Gasteiger partial charge on any atom is -0.338 e. The second-order valence-corrected chi connectivity index (χ2v) is 9.33. The van der Waals surface area contributed by atoms with Crippen LogP contribution in [0.4, 0.5) is 4.39 Å². The van der Waals surface area contributed by atoms with Gasteiger partial charge in [-0.05, 0) is 31.3 Å². The van der Waals surface area contributed by atoms with Gasteiger partial charge in [0.1, 0.15) is 5.82 Å². The molecule has 2 fully saturated rings. The van der Waals surface area contributed by atoms with E-state index in [1.54, 1.807) is 20.7 Å². The molecule has 1 aromatic carbocycles. The summed E-state index contributed by atoms with van der Waals surface area (Å²) >= 11 is 0. The quantitative estimate of drug-likeness (QED) is 0.690. The van der Waals surface area contributed by atoms with Crippen molar-refractivity contribution in [2.24, 2.45) is 0 Å². The van der Waals surface area contributed by atoms with Gasteiger partial charge in [-0.15, -0.1) is 0 Å². The van der Waals surface area contributed by atoms with Crippen LogP contribution in [0.3, 0.4) is 0 Å². The minimum absolute atomic E-state index is 0.318. The van der Waals surface area contributed by atoms with Gasteiger partial charge < -0.3 is 9.42 Å². The van der Waals surface area contributed by atoms with Crippen molar-refractivity contribution in [3.05, 3.63) is 36.0 Å². The summed E-state index contributed by atoms with van der Waals surface area (Å²) < 4.78 is 47.2. The molecule has 0 radical (unpaired) electrons. The number of hydrogen-bond acceptors (Lipinski definition) is 7. The average Bonchev–Trinajstić information content (AvgIpc) is 3.18. The Morgan fingerprint density at radius 1 is 0.966 bits per heavy atom. The number of rotatable bonds is 5. The first-order valence-corrected chi connectivity index (χ1v) is 11.1. The summed E-state index contributed by atoms with van der Waals surface area (Å²) in [4.78, 5) is 8.59. The van der Waals surface area contributed by atoms with Crippen LogP contribution in [0, 0.1) is 5.82 Å². The molecule has 29 heavy (non-hydrogen) atoms. The lowest BCUT2D eigenvalue weighted by molar-refractivity contribution is 0.152. The van der Waals surface area contributed by atoms with Crippen LogP contribution in [0.2, 0.25) is 0 Å². The zero-order valence-corrected chi connectivity index (χ0v) is 17.2. The molecule has 0 atom stereocenters. The molecule has 0 spiro atoms. The van der Waals surface area contributed by atoms with Crippen molar-refractivity contribution < 1.29 is 17.3 Å². The number of halogens is 1. The first kappa shape index (κ1) is 20.4. The van der Waals surface area contributed by atoms with Gasteiger partial charge in [0.2, 0.25) is 11.7 Å². The second-order valence-electron chi connectivity index (χ2n) is 7.40. The van der Waals surface area contributed by atoms with E-state index in [9.17, 15) is 12.8 Å². The molecule has 1 aromatic heterocycles. The predicted octanol–water partition coefficient (Wildman–Crippen LogP) is 0.486. The van der Waals surface area contributed by atoms with Gasteiger partial charge in [-0.3, -0.25) is 4.90 Å². The van der Waals surface area contributed by atoms with Gasteiger partial charge in [0, 0.05) is 57.9 Å². The van der Waals surface area contributed by atoms with Gasteiger partial charge in [0.25, 0.3) is 10.2 Å². The molecular formula is C18H25FN6O3S. The zero-order valence-electron chi connectivity index (χ0n) is 16.4. The minimum atomic E-state index is -3.41. The van der Waals surface area contributed by atoms with Gasteiger partial charge >= 0.3 is 0 Å². The third-order valence-electron chi connectivity index (χ3n) is 5.38. The molecule has 2 aromatic rings. The standard InChI is InChI=1S/C18H25FN6O3S/c1-22-6-10-24(11-7-22)29(26,27)25-12-8-23(9-13-25)14-17-20-18(21-28-17)15-2-4-16(19)5-3-15/h2-5H,6-14H2,1H3. The zero-order chi connectivity index (χ0) is 20.4. The van der Waals surface area contributed by atoms with Crippen molar-refractivity contribution in [3.63, 3.8) is 0 Å². The Morgan fingerprint density at radius 2 is 1.55 bits per heavy atom. The van der Waals surface area contributed by atoms with Crippen LogP contribution in [0.1, 0.15) is 5.89 Å². The fourth-order valence-electron chi connectivity index (χ4n) is 3.53. The van der Waals surface area contributed by atoms with Gasteiger partial charge in [-0.25, -0.2) is 4.39 Å². The molecule has 0 N–H and O–H groups in total. The number of likely N-dealkylation sites (N-methyl/N-ethyl adjacent to an activating group) is 1. The Labute approximate surface area is 169 Å². The molecular weight excluding hydrogens is 399 g/mol. The van der Waals surface area contributed by atoms with Crippen molar-refractivity contribution in [1.82, 2.24) is 28.6 Å². The summed E-state index contributed by atoms with van der Waals surface area (Å²) in [6.07, 6.45) is 0. The molecule has 3 heterocycles. The van der Waals surface area contributed by atoms with E-state index in [1.807, 2.05) is 7.05 Å². The Morgan fingerprint density at radius 3 is 2.17 bits per heavy atom. The number of aromatic nitrogens is 2. The van der Waals surface area contributed by atoms with E-state index in [0.717, 1.165) is 13.1 Å². The highest BCUT2D eigenvalue weighted by molar-refractivity contribution is 7.86. The van der Waals surface area contributed by atoms with Crippen LogP contribution in [0.5, 0.6) is 0 Å². The maximum absolute atomic E-state index is 13.0. The van der Waals surface area contributed by atoms with Crippen LogP contribution < -0.4 is 0 Å². The van der Waals surface area contributed by atoms with Gasteiger partial charge in [0.05, 0.1) is 6.54 Å². The Balaban J connectivity index is 1.32. The average molecular weight is 425 g/mol. The molecule has 11 heteroatoms. The highest BCUT2D eigenvalue weighted by atomic mass is 32.2. The summed E-state index contributed by atoms with van der Waals surface area (Å²) in [7, 11) is -1.41. The Hall–Kier alpha value is -1.92. The van der Waals surface area contributed by atoms with E-state index in [2.05, 4.69) is 19.9 Å². The Kier molecular flexibility index (Phi) is 5.93. The van der Waals surface area contributed by atoms with E-state index in [0.29, 0.717) is 63.1 Å². The highest BCUT2D eigenvalue weighted by Crippen LogP contribution is 2.18. The molecule has 4 rings (SSSR count). The maximum Gasteiger partial charge on any atom is 0.282 e. The van der Waals surface area contributed by atoms with Crippen molar-refractivity contribution in [2.45, 2.75) is 6.54 Å². The van der Waals surface area contributed by atoms with Crippen molar-refractivity contribution in [1.29, 1.82) is 0 Å². The smallest absolute Gasteiger partial charge is 0.282 e. The maximum atomic E-state index is 13.0. The lowest BCUT2D eigenvalue weighted by atomic mass is 10.2. The molecule has 0 aliphatic carbocycles. The number of hydrogen-bond donors (Lipinski definition) is 0. The first-order valence-electron chi connectivity index (χ1n) is 9.66. The van der Waals surface area contributed by atoms with Crippen LogP contribution in [-0.2, 0) is 16.8 Å². The van der Waals surface area contributed by atoms with Crippen LogP contribution in [0.15, 0.2) is 28.8 Å². The molecule has 158 valence electrons. The van der Waals surface area contributed by atoms with E-state index >= 15 is 0 Å². The fourth-order valence-corrected chi connectivity index (χ4v) is 5.10. The van der Waals surface area contributed by atoms with Crippen LogP contribution in [-0.4, -0.2) is 96.4 Å². The predicted molar refractivity (Wildman–Crippen MR) is 105 cm³/mol. The molecule has 2 aliphatic heterocycles. The van der Waals surface area contributed by atoms with Crippen molar-refractivity contribution in [2.75, 3.05) is 59.4 Å². The topological polar surface area (TPSA) is 86.0 Å². The number of nitrogens with zero attached hydrogens (tertiary/aromatic N) is 6. The lowest BCUT2D eigenvalue weighted by Gasteiger charge is -2.38. The third-order valence-corrected chi connectivity index (χ3v) is 7.41. The van der Waals surface area contributed by atoms with Gasteiger partial charge in [-0.1, -0.05) is 5.16 Å². The van der Waals surface area contributed by atoms with Gasteiger partial charge in [0.15, 0.2) is 0 Å². The normalized spacial score (nSPS) is 20.9. The first-order chi connectivity index (χ1) is 13.9. The molecule has 0 saturated carbocycles. The lowest BCUT2D eigenvalue weighted by Crippen LogP contribution is -2.56. The monoisotopic (exact) mass is 424 g/mol. The van der Waals surface area contributed by atoms with E-state index in [4.69, 9.17) is 4.52 Å². The SMILES string of the molecule is CN1CCN(S(=O)(=O)N2CCN(Cc3nc(-c4ccc(F)cc4)no3)CC2)CC1. The molecule has 0 amide bonds. The summed E-state index contributed by atoms with van der Waals surface area (Å²) in [6.45, 7) is 5.11. The molecule has 0 unspecified atom stereocenters. The van der Waals surface area contributed by atoms with Crippen molar-refractivity contribution >= 4 is 10.2 Å². The highest BCUT2D eigenvalue weighted by Gasteiger charge is 2.34. The third kappa shape index (κ3) is 4.64.